The number of amides is 1. The number of likely N-dealkylation sites (tertiary alicyclic amines) is 1. The van der Waals surface area contributed by atoms with Crippen molar-refractivity contribution < 1.29 is 14.3 Å². The molecule has 0 saturated carbocycles. The van der Waals surface area contributed by atoms with E-state index in [0.29, 0.717) is 41.1 Å². The summed E-state index contributed by atoms with van der Waals surface area (Å²) in [5.41, 5.74) is 1.02. The van der Waals surface area contributed by atoms with Gasteiger partial charge in [0, 0.05) is 11.6 Å². The summed E-state index contributed by atoms with van der Waals surface area (Å²) in [5, 5.41) is 0.938. The first kappa shape index (κ1) is 20.2. The summed E-state index contributed by atoms with van der Waals surface area (Å²) in [4.78, 5) is 32.1. The summed E-state index contributed by atoms with van der Waals surface area (Å²) < 4.78 is 12.6. The monoisotopic (exact) mass is 459 g/mol. The third kappa shape index (κ3) is 3.72. The fraction of sp³-hybridized carbons (Fsp3) is 0.318. The molecule has 0 bridgehead atoms. The highest BCUT2D eigenvalue weighted by atomic mass is 35.5. The van der Waals surface area contributed by atoms with Crippen molar-refractivity contribution in [3.05, 3.63) is 62.6 Å². The minimum absolute atomic E-state index is 0.0728. The number of nitrogens with zero attached hydrogens (tertiary/aromatic N) is 3. The molecule has 0 aliphatic carbocycles. The first-order valence-electron chi connectivity index (χ1n) is 10.0. The molecule has 0 radical (unpaired) electrons. The number of hydrogen-bond donors (Lipinski definition) is 0. The van der Waals surface area contributed by atoms with Crippen molar-refractivity contribution in [2.24, 2.45) is 0 Å². The van der Waals surface area contributed by atoms with Crippen LogP contribution in [0.3, 0.4) is 0 Å². The fourth-order valence-electron chi connectivity index (χ4n) is 4.22. The second kappa shape index (κ2) is 8.05. The number of hydrogen-bond acceptors (Lipinski definition) is 5. The number of ether oxygens (including phenoxy) is 2. The summed E-state index contributed by atoms with van der Waals surface area (Å²) in [6.45, 7) is 1.57. The number of carbonyl (C=O) groups excluding carboxylic acids is 1. The van der Waals surface area contributed by atoms with Crippen molar-refractivity contribution in [3.8, 4) is 11.5 Å². The van der Waals surface area contributed by atoms with Crippen molar-refractivity contribution in [1.29, 1.82) is 0 Å². The molecule has 31 heavy (non-hydrogen) atoms. The summed E-state index contributed by atoms with van der Waals surface area (Å²) >= 11 is 12.2. The van der Waals surface area contributed by atoms with Crippen LogP contribution in [-0.4, -0.2) is 40.1 Å². The molecule has 2 aliphatic rings. The Bertz CT molecular complexity index is 1240. The second-order valence-electron chi connectivity index (χ2n) is 7.61. The maximum Gasteiger partial charge on any atom is 0.261 e. The van der Waals surface area contributed by atoms with Gasteiger partial charge in [-0.05, 0) is 42.7 Å². The van der Waals surface area contributed by atoms with E-state index >= 15 is 0 Å². The molecule has 160 valence electrons. The van der Waals surface area contributed by atoms with Crippen LogP contribution in [0, 0.1) is 0 Å². The first-order valence-corrected chi connectivity index (χ1v) is 10.8. The minimum atomic E-state index is -0.349. The molecule has 0 N–H and O–H groups in total. The molecule has 1 fully saturated rings. The van der Waals surface area contributed by atoms with Crippen LogP contribution >= 0.6 is 23.2 Å². The minimum Gasteiger partial charge on any atom is -0.486 e. The zero-order chi connectivity index (χ0) is 21.5. The molecule has 3 heterocycles. The molecule has 1 amide bonds. The van der Waals surface area contributed by atoms with Crippen LogP contribution in [0.2, 0.25) is 10.0 Å². The fourth-order valence-corrected chi connectivity index (χ4v) is 4.77. The Hall–Kier alpha value is -2.77. The van der Waals surface area contributed by atoms with E-state index in [1.165, 1.54) is 23.0 Å². The Balaban J connectivity index is 1.41. The summed E-state index contributed by atoms with van der Waals surface area (Å²) in [6, 6.07) is 8.78. The highest BCUT2D eigenvalue weighted by Crippen LogP contribution is 2.38. The summed E-state index contributed by atoms with van der Waals surface area (Å²) in [5.74, 6) is 1.28. The molecule has 2 aromatic carbocycles. The quantitative estimate of drug-likeness (QED) is 0.594. The maximum atomic E-state index is 13.1. The van der Waals surface area contributed by atoms with E-state index in [1.54, 1.807) is 0 Å². The van der Waals surface area contributed by atoms with E-state index in [0.717, 1.165) is 24.2 Å². The highest BCUT2D eigenvalue weighted by molar-refractivity contribution is 6.38. The number of rotatable bonds is 3. The Morgan fingerprint density at radius 2 is 1.94 bits per heavy atom. The van der Waals surface area contributed by atoms with Crippen LogP contribution in [0.4, 0.5) is 0 Å². The van der Waals surface area contributed by atoms with Gasteiger partial charge in [0.05, 0.1) is 28.3 Å². The zero-order valence-electron chi connectivity index (χ0n) is 16.5. The molecule has 1 atom stereocenters. The Morgan fingerprint density at radius 3 is 2.77 bits per heavy atom. The van der Waals surface area contributed by atoms with Crippen molar-refractivity contribution >= 4 is 40.0 Å². The van der Waals surface area contributed by atoms with E-state index in [-0.39, 0.29) is 29.4 Å². The Morgan fingerprint density at radius 1 is 1.13 bits per heavy atom. The number of halogens is 2. The van der Waals surface area contributed by atoms with Gasteiger partial charge in [0.15, 0.2) is 11.5 Å². The van der Waals surface area contributed by atoms with E-state index in [1.807, 2.05) is 23.1 Å². The topological polar surface area (TPSA) is 73.7 Å². The van der Waals surface area contributed by atoms with Crippen molar-refractivity contribution in [1.82, 2.24) is 14.5 Å². The number of aromatic nitrogens is 2. The number of fused-ring (bicyclic) bond motifs is 2. The van der Waals surface area contributed by atoms with E-state index < -0.39 is 0 Å². The van der Waals surface area contributed by atoms with Crippen molar-refractivity contribution in [2.45, 2.75) is 25.4 Å². The molecular formula is C22H19Cl2N3O4. The molecule has 5 rings (SSSR count). The van der Waals surface area contributed by atoms with E-state index in [9.17, 15) is 9.59 Å². The maximum absolute atomic E-state index is 13.1. The van der Waals surface area contributed by atoms with Crippen molar-refractivity contribution in [3.63, 3.8) is 0 Å². The average Bonchev–Trinajstić information content (AvgIpc) is 3.26. The number of benzene rings is 2. The first-order chi connectivity index (χ1) is 15.0. The van der Waals surface area contributed by atoms with Gasteiger partial charge in [0.25, 0.3) is 5.56 Å². The lowest BCUT2D eigenvalue weighted by Crippen LogP contribution is -2.36. The standard InChI is InChI=1S/C22H19Cl2N3O4/c23-14-9-15-21(16(24)10-14)25-12-26(22(15)29)11-20(28)27-5-1-2-17(27)13-3-4-18-19(8-13)31-7-6-30-18/h3-4,8-10,12,17H,1-2,5-7,11H2/t17-/m0/s1. The van der Waals surface area contributed by atoms with Gasteiger partial charge >= 0.3 is 0 Å². The van der Waals surface area contributed by atoms with Gasteiger partial charge in [-0.1, -0.05) is 29.3 Å². The molecule has 9 heteroatoms. The van der Waals surface area contributed by atoms with Crippen LogP contribution < -0.4 is 15.0 Å². The smallest absolute Gasteiger partial charge is 0.261 e. The summed E-state index contributed by atoms with van der Waals surface area (Å²) in [7, 11) is 0. The van der Waals surface area contributed by atoms with Gasteiger partial charge in [-0.2, -0.15) is 0 Å². The normalized spacial score (nSPS) is 17.9. The molecular weight excluding hydrogens is 441 g/mol. The molecule has 2 aliphatic heterocycles. The molecule has 0 spiro atoms. The third-order valence-corrected chi connectivity index (χ3v) is 6.18. The zero-order valence-corrected chi connectivity index (χ0v) is 18.0. The van der Waals surface area contributed by atoms with Gasteiger partial charge in [0.1, 0.15) is 19.8 Å². The lowest BCUT2D eigenvalue weighted by molar-refractivity contribution is -0.132. The SMILES string of the molecule is O=C(Cn1cnc2c(Cl)cc(Cl)cc2c1=O)N1CCC[C@H]1c1ccc2c(c1)OCCO2. The van der Waals surface area contributed by atoms with Gasteiger partial charge in [0.2, 0.25) is 5.91 Å². The van der Waals surface area contributed by atoms with E-state index in [4.69, 9.17) is 32.7 Å². The van der Waals surface area contributed by atoms with Crippen LogP contribution in [0.1, 0.15) is 24.4 Å². The Labute approximate surface area is 188 Å². The predicted octanol–water partition coefficient (Wildman–Crippen LogP) is 3.84. The average molecular weight is 460 g/mol. The Kier molecular flexibility index (Phi) is 5.24. The molecule has 1 aromatic heterocycles. The van der Waals surface area contributed by atoms with Gasteiger partial charge in [-0.3, -0.25) is 14.2 Å². The lowest BCUT2D eigenvalue weighted by atomic mass is 10.0. The second-order valence-corrected chi connectivity index (χ2v) is 8.45. The van der Waals surface area contributed by atoms with Crippen LogP contribution in [0.5, 0.6) is 11.5 Å². The molecule has 3 aromatic rings. The molecule has 7 nitrogen and oxygen atoms in total. The van der Waals surface area contributed by atoms with Gasteiger partial charge in [-0.15, -0.1) is 0 Å². The number of carbonyl (C=O) groups is 1. The van der Waals surface area contributed by atoms with Crippen LogP contribution in [0.25, 0.3) is 10.9 Å². The lowest BCUT2D eigenvalue weighted by Gasteiger charge is -2.27. The van der Waals surface area contributed by atoms with Gasteiger partial charge < -0.3 is 14.4 Å². The third-order valence-electron chi connectivity index (χ3n) is 5.68. The van der Waals surface area contributed by atoms with Crippen LogP contribution in [-0.2, 0) is 11.3 Å². The largest absolute Gasteiger partial charge is 0.486 e. The predicted molar refractivity (Wildman–Crippen MR) is 117 cm³/mol. The molecule has 0 unspecified atom stereocenters. The van der Waals surface area contributed by atoms with E-state index in [2.05, 4.69) is 4.98 Å². The molecule has 1 saturated heterocycles. The highest BCUT2D eigenvalue weighted by Gasteiger charge is 2.31. The van der Waals surface area contributed by atoms with Crippen molar-refractivity contribution in [2.75, 3.05) is 19.8 Å². The van der Waals surface area contributed by atoms with Gasteiger partial charge in [-0.25, -0.2) is 4.98 Å². The van der Waals surface area contributed by atoms with Crippen LogP contribution in [0.15, 0.2) is 41.5 Å². The summed E-state index contributed by atoms with van der Waals surface area (Å²) in [6.07, 6.45) is 3.10.